The molecule has 0 saturated heterocycles. The molecule has 22 heavy (non-hydrogen) atoms. The minimum absolute atomic E-state index is 1.30. The minimum Gasteiger partial charge on any atom is -0.397 e. The Morgan fingerprint density at radius 1 is 0.591 bits per heavy atom. The van der Waals surface area contributed by atoms with Crippen molar-refractivity contribution >= 4 is 41.5 Å². The third-order valence-electron chi connectivity index (χ3n) is 3.90. The summed E-state index contributed by atoms with van der Waals surface area (Å²) in [6, 6.07) is 31.9. The lowest BCUT2D eigenvalue weighted by Gasteiger charge is -2.33. The van der Waals surface area contributed by atoms with Gasteiger partial charge in [0.25, 0.3) is 8.24 Å². The molecule has 0 heterocycles. The Bertz CT molecular complexity index is 632. The van der Waals surface area contributed by atoms with Crippen LogP contribution in [0.15, 0.2) is 91.0 Å². The summed E-state index contributed by atoms with van der Waals surface area (Å²) in [6.07, 6.45) is 0. The number of benzene rings is 3. The Labute approximate surface area is 137 Å². The molecule has 0 spiro atoms. The molecule has 0 radical (unpaired) electrons. The van der Waals surface area contributed by atoms with Gasteiger partial charge in [-0.2, -0.15) is 0 Å². The minimum atomic E-state index is -2.33. The maximum atomic E-state index is 5.20. The van der Waals surface area contributed by atoms with E-state index in [9.17, 15) is 0 Å². The average Bonchev–Trinajstić information content (AvgIpc) is 2.62. The van der Waals surface area contributed by atoms with Crippen LogP contribution in [-0.2, 0) is 0 Å². The zero-order valence-corrected chi connectivity index (χ0v) is 14.0. The predicted molar refractivity (Wildman–Crippen MR) is 101 cm³/mol. The normalized spacial score (nSPS) is 10.9. The molecule has 0 amide bonds. The molecular weight excluding hydrogens is 302 g/mol. The molecule has 3 rings (SSSR count). The molecule has 3 heteroatoms. The van der Waals surface area contributed by atoms with E-state index in [4.69, 9.17) is 12.2 Å². The van der Waals surface area contributed by atoms with Gasteiger partial charge in [-0.05, 0) is 15.6 Å². The lowest BCUT2D eigenvalue weighted by atomic mass is 10.3. The third-order valence-corrected chi connectivity index (χ3v) is 8.40. The highest BCUT2D eigenvalue weighted by Crippen LogP contribution is 2.04. The van der Waals surface area contributed by atoms with Crippen LogP contribution in [0.5, 0.6) is 0 Å². The number of hydrogen-bond donors (Lipinski definition) is 1. The van der Waals surface area contributed by atoms with Crippen LogP contribution < -0.4 is 20.5 Å². The Morgan fingerprint density at radius 3 is 1.18 bits per heavy atom. The second-order valence-corrected chi connectivity index (χ2v) is 8.87. The molecule has 3 aromatic carbocycles. The highest BCUT2D eigenvalue weighted by molar-refractivity contribution is 7.79. The summed E-state index contributed by atoms with van der Waals surface area (Å²) < 4.78 is 0. The van der Waals surface area contributed by atoms with Crippen molar-refractivity contribution in [1.29, 1.82) is 0 Å². The first kappa shape index (κ1) is 14.7. The van der Waals surface area contributed by atoms with Gasteiger partial charge in [-0.1, -0.05) is 103 Å². The van der Waals surface area contributed by atoms with Crippen molar-refractivity contribution in [3.05, 3.63) is 91.0 Å². The fourth-order valence-corrected chi connectivity index (χ4v) is 7.19. The molecule has 0 aliphatic carbocycles. The van der Waals surface area contributed by atoms with Crippen LogP contribution in [0.4, 0.5) is 0 Å². The molecule has 0 saturated carbocycles. The van der Waals surface area contributed by atoms with E-state index in [0.29, 0.717) is 0 Å². The van der Waals surface area contributed by atoms with Gasteiger partial charge >= 0.3 is 0 Å². The van der Waals surface area contributed by atoms with Crippen LogP contribution >= 0.6 is 12.2 Å². The summed E-state index contributed by atoms with van der Waals surface area (Å²) in [5.74, 6) is 0. The summed E-state index contributed by atoms with van der Waals surface area (Å²) in [5, 5.41) is 3.90. The number of thiocarbonyl (C=S) groups is 1. The fourth-order valence-electron chi connectivity index (χ4n) is 2.90. The third kappa shape index (κ3) is 2.61. The molecule has 0 aliphatic rings. The lowest BCUT2D eigenvalue weighted by Crippen LogP contribution is -2.75. The van der Waals surface area contributed by atoms with Gasteiger partial charge < -0.3 is 4.98 Å². The molecule has 0 aromatic heterocycles. The molecule has 0 unspecified atom stereocenters. The van der Waals surface area contributed by atoms with Crippen molar-refractivity contribution < 1.29 is 0 Å². The quantitative estimate of drug-likeness (QED) is 0.440. The molecular formula is C19H17NSSi. The summed E-state index contributed by atoms with van der Waals surface area (Å²) >= 11 is 5.20. The zero-order chi connectivity index (χ0) is 15.3. The molecule has 0 atom stereocenters. The van der Waals surface area contributed by atoms with Crippen LogP contribution in [0, 0.1) is 0 Å². The molecule has 1 nitrogen and oxygen atoms in total. The molecule has 108 valence electrons. The van der Waals surface area contributed by atoms with Gasteiger partial charge in [0.2, 0.25) is 0 Å². The lowest BCUT2D eigenvalue weighted by molar-refractivity contribution is 1.46. The zero-order valence-electron chi connectivity index (χ0n) is 12.1. The van der Waals surface area contributed by atoms with Gasteiger partial charge in [0.15, 0.2) is 0 Å². The van der Waals surface area contributed by atoms with E-state index in [1.807, 2.05) is 0 Å². The van der Waals surface area contributed by atoms with E-state index >= 15 is 0 Å². The van der Waals surface area contributed by atoms with Crippen molar-refractivity contribution in [2.75, 3.05) is 0 Å². The smallest absolute Gasteiger partial charge is 0.250 e. The molecule has 1 N–H and O–H groups in total. The Kier molecular flexibility index (Phi) is 4.47. The van der Waals surface area contributed by atoms with E-state index in [-0.39, 0.29) is 0 Å². The highest BCUT2D eigenvalue weighted by atomic mass is 32.1. The maximum Gasteiger partial charge on any atom is 0.250 e. The van der Waals surface area contributed by atoms with Crippen molar-refractivity contribution in [2.24, 2.45) is 0 Å². The van der Waals surface area contributed by atoms with Crippen LogP contribution in [-0.4, -0.2) is 13.7 Å². The summed E-state index contributed by atoms with van der Waals surface area (Å²) in [7, 11) is -2.33. The first-order chi connectivity index (χ1) is 10.9. The first-order valence-electron chi connectivity index (χ1n) is 7.26. The second-order valence-electron chi connectivity index (χ2n) is 5.11. The summed E-state index contributed by atoms with van der Waals surface area (Å²) in [5.41, 5.74) is 1.67. The number of nitrogens with one attached hydrogen (secondary N) is 1. The summed E-state index contributed by atoms with van der Waals surface area (Å²) in [6.45, 7) is 0. The van der Waals surface area contributed by atoms with Gasteiger partial charge in [-0.3, -0.25) is 0 Å². The monoisotopic (exact) mass is 319 g/mol. The molecule has 0 aliphatic heterocycles. The van der Waals surface area contributed by atoms with Gasteiger partial charge in [-0.15, -0.1) is 0 Å². The first-order valence-corrected chi connectivity index (χ1v) is 9.73. The van der Waals surface area contributed by atoms with Crippen LogP contribution in [0.1, 0.15) is 0 Å². The largest absolute Gasteiger partial charge is 0.397 e. The van der Waals surface area contributed by atoms with E-state index in [0.717, 1.165) is 0 Å². The Balaban J connectivity index is 2.31. The molecule has 0 bridgehead atoms. The topological polar surface area (TPSA) is 12.0 Å². The SMILES string of the molecule is S=CN[Si](c1ccccc1)(c1ccccc1)c1ccccc1. The predicted octanol–water partition coefficient (Wildman–Crippen LogP) is 2.20. The average molecular weight is 320 g/mol. The standard InChI is InChI=1S/C19H17NSSi/c21-16-20-22(17-10-4-1-5-11-17,18-12-6-2-7-13-18)19-14-8-3-9-15-19/h1-16H,(H,20,21). The van der Waals surface area contributed by atoms with Gasteiger partial charge in [-0.25, -0.2) is 0 Å². The van der Waals surface area contributed by atoms with E-state index < -0.39 is 8.24 Å². The van der Waals surface area contributed by atoms with Crippen molar-refractivity contribution in [1.82, 2.24) is 4.98 Å². The van der Waals surface area contributed by atoms with Gasteiger partial charge in [0, 0.05) is 0 Å². The maximum absolute atomic E-state index is 5.20. The number of rotatable bonds is 5. The van der Waals surface area contributed by atoms with Crippen LogP contribution in [0.3, 0.4) is 0 Å². The van der Waals surface area contributed by atoms with Gasteiger partial charge in [0.1, 0.15) is 0 Å². The Morgan fingerprint density at radius 2 is 0.909 bits per heavy atom. The van der Waals surface area contributed by atoms with Crippen LogP contribution in [0.25, 0.3) is 0 Å². The Hall–Kier alpha value is -2.23. The van der Waals surface area contributed by atoms with Crippen molar-refractivity contribution in [3.8, 4) is 0 Å². The second kappa shape index (κ2) is 6.69. The van der Waals surface area contributed by atoms with Crippen molar-refractivity contribution in [2.45, 2.75) is 0 Å². The number of hydrogen-bond acceptors (Lipinski definition) is 1. The highest BCUT2D eigenvalue weighted by Gasteiger charge is 2.39. The van der Waals surface area contributed by atoms with E-state index in [1.54, 1.807) is 5.49 Å². The summed E-state index contributed by atoms with van der Waals surface area (Å²) in [4.78, 5) is 3.57. The fraction of sp³-hybridized carbons (Fsp3) is 0. The van der Waals surface area contributed by atoms with E-state index in [2.05, 4.69) is 96.0 Å². The van der Waals surface area contributed by atoms with Crippen molar-refractivity contribution in [3.63, 3.8) is 0 Å². The van der Waals surface area contributed by atoms with Gasteiger partial charge in [0.05, 0.1) is 5.49 Å². The molecule has 3 aromatic rings. The van der Waals surface area contributed by atoms with E-state index in [1.165, 1.54) is 15.6 Å². The molecule has 0 fully saturated rings. The van der Waals surface area contributed by atoms with Crippen LogP contribution in [0.2, 0.25) is 0 Å².